The first-order valence-electron chi connectivity index (χ1n) is 15.7. The fourth-order valence-electron chi connectivity index (χ4n) is 5.05. The highest BCUT2D eigenvalue weighted by molar-refractivity contribution is 5.90. The van der Waals surface area contributed by atoms with Crippen molar-refractivity contribution in [2.75, 3.05) is 18.4 Å². The molecule has 0 aromatic heterocycles. The van der Waals surface area contributed by atoms with Gasteiger partial charge in [-0.3, -0.25) is 4.79 Å². The van der Waals surface area contributed by atoms with Gasteiger partial charge in [0.15, 0.2) is 0 Å². The summed E-state index contributed by atoms with van der Waals surface area (Å²) in [5, 5.41) is 3.04. The van der Waals surface area contributed by atoms with Gasteiger partial charge in [0.1, 0.15) is 17.5 Å². The van der Waals surface area contributed by atoms with E-state index in [0.29, 0.717) is 19.5 Å². The lowest BCUT2D eigenvalue weighted by atomic mass is 10.0. The van der Waals surface area contributed by atoms with Gasteiger partial charge in [0, 0.05) is 38.0 Å². The number of piperidine rings is 1. The molecule has 1 N–H and O–H groups in total. The number of rotatable bonds is 17. The van der Waals surface area contributed by atoms with Crippen LogP contribution in [-0.4, -0.2) is 41.7 Å². The minimum absolute atomic E-state index is 0.0679. The van der Waals surface area contributed by atoms with Crippen LogP contribution in [0.25, 0.3) is 0 Å². The fourth-order valence-corrected chi connectivity index (χ4v) is 5.05. The van der Waals surface area contributed by atoms with Crippen molar-refractivity contribution in [3.8, 4) is 5.75 Å². The van der Waals surface area contributed by atoms with Gasteiger partial charge in [-0.1, -0.05) is 84.0 Å². The van der Waals surface area contributed by atoms with E-state index >= 15 is 0 Å². The minimum atomic E-state index is -0.481. The summed E-state index contributed by atoms with van der Waals surface area (Å²) in [5.74, 6) is 0.917. The van der Waals surface area contributed by atoms with Crippen LogP contribution in [0.2, 0.25) is 0 Å². The molecule has 0 radical (unpaired) electrons. The van der Waals surface area contributed by atoms with Crippen LogP contribution in [0, 0.1) is 6.92 Å². The summed E-state index contributed by atoms with van der Waals surface area (Å²) >= 11 is 0. The zero-order chi connectivity index (χ0) is 28.5. The second-order valence-corrected chi connectivity index (χ2v) is 12.3. The Labute approximate surface area is 238 Å². The standard InChI is InChI=1S/C33H56N2O4/c1-6-7-8-9-10-11-12-13-14-15-16-17-18-19-31(36)34-28-20-21-30(27(2)26-28)38-29-22-24-35(25-23-29)32(37)39-33(3,4)5/h20-21,26,29H,6-19,22-25H2,1-5H3,(H,34,36). The maximum absolute atomic E-state index is 12.4. The number of carbonyl (C=O) groups excluding carboxylic acids is 2. The summed E-state index contributed by atoms with van der Waals surface area (Å²) in [6.07, 6.45) is 18.9. The van der Waals surface area contributed by atoms with Gasteiger partial charge in [-0.25, -0.2) is 4.79 Å². The highest BCUT2D eigenvalue weighted by Crippen LogP contribution is 2.26. The number of hydrogen-bond acceptors (Lipinski definition) is 4. The average molecular weight is 545 g/mol. The van der Waals surface area contributed by atoms with Crippen molar-refractivity contribution in [2.24, 2.45) is 0 Å². The number of ether oxygens (including phenoxy) is 2. The fraction of sp³-hybridized carbons (Fsp3) is 0.758. The number of amides is 2. The second-order valence-electron chi connectivity index (χ2n) is 12.3. The van der Waals surface area contributed by atoms with E-state index in [-0.39, 0.29) is 18.1 Å². The lowest BCUT2D eigenvalue weighted by Gasteiger charge is -2.33. The minimum Gasteiger partial charge on any atom is -0.490 e. The molecule has 222 valence electrons. The van der Waals surface area contributed by atoms with Crippen LogP contribution >= 0.6 is 0 Å². The first kappa shape index (κ1) is 33.0. The van der Waals surface area contributed by atoms with E-state index in [2.05, 4.69) is 12.2 Å². The molecular weight excluding hydrogens is 488 g/mol. The van der Waals surface area contributed by atoms with Crippen molar-refractivity contribution < 1.29 is 19.1 Å². The first-order chi connectivity index (χ1) is 18.7. The number of anilines is 1. The van der Waals surface area contributed by atoms with Crippen LogP contribution < -0.4 is 10.1 Å². The predicted octanol–water partition coefficient (Wildman–Crippen LogP) is 9.19. The van der Waals surface area contributed by atoms with Crippen molar-refractivity contribution in [1.82, 2.24) is 4.90 Å². The molecule has 0 unspecified atom stereocenters. The van der Waals surface area contributed by atoms with Crippen molar-refractivity contribution in [2.45, 2.75) is 149 Å². The van der Waals surface area contributed by atoms with Gasteiger partial charge in [0.25, 0.3) is 0 Å². The van der Waals surface area contributed by atoms with Gasteiger partial charge in [-0.05, 0) is 57.9 Å². The van der Waals surface area contributed by atoms with Gasteiger partial charge in [0.2, 0.25) is 5.91 Å². The van der Waals surface area contributed by atoms with Crippen LogP contribution in [0.3, 0.4) is 0 Å². The number of nitrogens with one attached hydrogen (secondary N) is 1. The molecule has 1 aromatic rings. The second kappa shape index (κ2) is 18.2. The number of aryl methyl sites for hydroxylation is 1. The third-order valence-electron chi connectivity index (χ3n) is 7.35. The van der Waals surface area contributed by atoms with Crippen LogP contribution in [0.5, 0.6) is 5.75 Å². The molecule has 6 nitrogen and oxygen atoms in total. The molecule has 0 spiro atoms. The van der Waals surface area contributed by atoms with Crippen LogP contribution in [-0.2, 0) is 9.53 Å². The molecule has 1 saturated heterocycles. The first-order valence-corrected chi connectivity index (χ1v) is 15.7. The van der Waals surface area contributed by atoms with Crippen LogP contribution in [0.15, 0.2) is 18.2 Å². The summed E-state index contributed by atoms with van der Waals surface area (Å²) in [4.78, 5) is 26.4. The number of unbranched alkanes of at least 4 members (excludes halogenated alkanes) is 12. The van der Waals surface area contributed by atoms with Crippen LogP contribution in [0.1, 0.15) is 136 Å². The Balaban J connectivity index is 1.56. The van der Waals surface area contributed by atoms with E-state index in [9.17, 15) is 9.59 Å². The Bertz CT molecular complexity index is 841. The Hall–Kier alpha value is -2.24. The summed E-state index contributed by atoms with van der Waals surface area (Å²) in [5.41, 5.74) is 1.34. The van der Waals surface area contributed by atoms with Crippen molar-refractivity contribution in [3.05, 3.63) is 23.8 Å². The average Bonchev–Trinajstić information content (AvgIpc) is 2.88. The quantitative estimate of drug-likeness (QED) is 0.198. The van der Waals surface area contributed by atoms with Crippen molar-refractivity contribution in [1.29, 1.82) is 0 Å². The predicted molar refractivity (Wildman–Crippen MR) is 162 cm³/mol. The molecule has 1 aliphatic heterocycles. The third kappa shape index (κ3) is 14.6. The Morgan fingerprint density at radius 1 is 0.872 bits per heavy atom. The van der Waals surface area contributed by atoms with E-state index in [1.54, 1.807) is 4.90 Å². The number of carbonyl (C=O) groups is 2. The van der Waals surface area contributed by atoms with E-state index in [0.717, 1.165) is 42.7 Å². The molecule has 0 aliphatic carbocycles. The monoisotopic (exact) mass is 544 g/mol. The smallest absolute Gasteiger partial charge is 0.410 e. The lowest BCUT2D eigenvalue weighted by Crippen LogP contribution is -2.44. The Morgan fingerprint density at radius 2 is 1.41 bits per heavy atom. The van der Waals surface area contributed by atoms with E-state index in [1.165, 1.54) is 70.6 Å². The molecule has 1 heterocycles. The van der Waals surface area contributed by atoms with E-state index < -0.39 is 5.60 Å². The molecule has 0 atom stereocenters. The topological polar surface area (TPSA) is 67.9 Å². The molecule has 2 rings (SSSR count). The third-order valence-corrected chi connectivity index (χ3v) is 7.35. The van der Waals surface area contributed by atoms with E-state index in [4.69, 9.17) is 9.47 Å². The Kier molecular flexibility index (Phi) is 15.4. The normalized spacial score (nSPS) is 14.3. The summed E-state index contributed by atoms with van der Waals surface area (Å²) in [6.45, 7) is 11.2. The highest BCUT2D eigenvalue weighted by atomic mass is 16.6. The summed E-state index contributed by atoms with van der Waals surface area (Å²) < 4.78 is 11.7. The zero-order valence-electron chi connectivity index (χ0n) is 25.6. The van der Waals surface area contributed by atoms with Gasteiger partial charge >= 0.3 is 6.09 Å². The maximum atomic E-state index is 12.4. The van der Waals surface area contributed by atoms with Crippen molar-refractivity contribution >= 4 is 17.7 Å². The van der Waals surface area contributed by atoms with Crippen molar-refractivity contribution in [3.63, 3.8) is 0 Å². The molecule has 0 bridgehead atoms. The summed E-state index contributed by atoms with van der Waals surface area (Å²) in [6, 6.07) is 5.84. The number of likely N-dealkylation sites (tertiary alicyclic amines) is 1. The SMILES string of the molecule is CCCCCCCCCCCCCCCC(=O)Nc1ccc(OC2CCN(C(=O)OC(C)(C)C)CC2)c(C)c1. The van der Waals surface area contributed by atoms with Crippen LogP contribution in [0.4, 0.5) is 10.5 Å². The van der Waals surface area contributed by atoms with Gasteiger partial charge < -0.3 is 19.7 Å². The largest absolute Gasteiger partial charge is 0.490 e. The lowest BCUT2D eigenvalue weighted by molar-refractivity contribution is -0.116. The number of benzene rings is 1. The molecule has 1 fully saturated rings. The molecule has 6 heteroatoms. The molecule has 1 aromatic carbocycles. The number of nitrogens with zero attached hydrogens (tertiary/aromatic N) is 1. The molecular formula is C33H56N2O4. The molecule has 1 aliphatic rings. The molecule has 2 amide bonds. The van der Waals surface area contributed by atoms with Gasteiger partial charge in [0.05, 0.1) is 0 Å². The zero-order valence-corrected chi connectivity index (χ0v) is 25.6. The van der Waals surface area contributed by atoms with Gasteiger partial charge in [-0.15, -0.1) is 0 Å². The molecule has 0 saturated carbocycles. The van der Waals surface area contributed by atoms with E-state index in [1.807, 2.05) is 45.9 Å². The maximum Gasteiger partial charge on any atom is 0.410 e. The molecule has 39 heavy (non-hydrogen) atoms. The van der Waals surface area contributed by atoms with Gasteiger partial charge in [-0.2, -0.15) is 0 Å². The number of hydrogen-bond donors (Lipinski definition) is 1. The Morgan fingerprint density at radius 3 is 1.92 bits per heavy atom. The highest BCUT2D eigenvalue weighted by Gasteiger charge is 2.27. The summed E-state index contributed by atoms with van der Waals surface area (Å²) in [7, 11) is 0.